The lowest BCUT2D eigenvalue weighted by Gasteiger charge is -2.31. The van der Waals surface area contributed by atoms with E-state index in [9.17, 15) is 9.59 Å². The molecule has 0 bridgehead atoms. The van der Waals surface area contributed by atoms with E-state index in [4.69, 9.17) is 9.47 Å². The molecule has 2 rings (SSSR count). The van der Waals surface area contributed by atoms with E-state index in [1.165, 1.54) is 0 Å². The lowest BCUT2D eigenvalue weighted by molar-refractivity contribution is -0.141. The van der Waals surface area contributed by atoms with Crippen molar-refractivity contribution in [2.75, 3.05) is 27.4 Å². The van der Waals surface area contributed by atoms with Crippen molar-refractivity contribution in [1.29, 1.82) is 0 Å². The molecule has 2 aromatic rings. The zero-order valence-corrected chi connectivity index (χ0v) is 17.4. The summed E-state index contributed by atoms with van der Waals surface area (Å²) in [6, 6.07) is 16.7. The maximum atomic E-state index is 13.0. The molecule has 0 saturated heterocycles. The molecule has 0 radical (unpaired) electrons. The molecule has 29 heavy (non-hydrogen) atoms. The first-order chi connectivity index (χ1) is 14.1. The fraction of sp³-hybridized carbons (Fsp3) is 0.391. The highest BCUT2D eigenvalue weighted by molar-refractivity contribution is 5.87. The van der Waals surface area contributed by atoms with Gasteiger partial charge in [-0.05, 0) is 23.3 Å². The van der Waals surface area contributed by atoms with Crippen molar-refractivity contribution < 1.29 is 19.1 Å². The summed E-state index contributed by atoms with van der Waals surface area (Å²) in [6.07, 6.45) is 0.772. The molecule has 6 heteroatoms. The summed E-state index contributed by atoms with van der Waals surface area (Å²) in [6.45, 7) is 2.99. The molecule has 2 amide bonds. The Hall–Kier alpha value is -2.86. The third-order valence-electron chi connectivity index (χ3n) is 4.69. The van der Waals surface area contributed by atoms with Crippen LogP contribution in [0.4, 0.5) is 0 Å². The van der Waals surface area contributed by atoms with E-state index in [0.717, 1.165) is 16.9 Å². The van der Waals surface area contributed by atoms with Gasteiger partial charge < -0.3 is 19.7 Å². The fourth-order valence-electron chi connectivity index (χ4n) is 3.08. The molecule has 0 aliphatic heterocycles. The molecule has 0 saturated carbocycles. The normalized spacial score (nSPS) is 11.6. The molecular weight excluding hydrogens is 368 g/mol. The monoisotopic (exact) mass is 398 g/mol. The van der Waals surface area contributed by atoms with E-state index in [-0.39, 0.29) is 11.8 Å². The van der Waals surface area contributed by atoms with Crippen molar-refractivity contribution in [1.82, 2.24) is 10.2 Å². The second kappa shape index (κ2) is 11.9. The van der Waals surface area contributed by atoms with Crippen LogP contribution in [0.3, 0.4) is 0 Å². The Kier molecular flexibility index (Phi) is 9.18. The summed E-state index contributed by atoms with van der Waals surface area (Å²) < 4.78 is 10.2. The summed E-state index contributed by atoms with van der Waals surface area (Å²) in [5.74, 6) is 0.505. The zero-order valence-electron chi connectivity index (χ0n) is 17.4. The molecule has 6 nitrogen and oxygen atoms in total. The van der Waals surface area contributed by atoms with Gasteiger partial charge in [-0.2, -0.15) is 0 Å². The minimum absolute atomic E-state index is 0.0661. The van der Waals surface area contributed by atoms with Crippen molar-refractivity contribution in [3.63, 3.8) is 0 Å². The predicted molar refractivity (Wildman–Crippen MR) is 113 cm³/mol. The Bertz CT molecular complexity index is 762. The molecule has 2 aromatic carbocycles. The number of rotatable bonds is 11. The molecule has 0 aliphatic carbocycles. The lowest BCUT2D eigenvalue weighted by Crippen LogP contribution is -2.50. The van der Waals surface area contributed by atoms with Crippen LogP contribution in [0.15, 0.2) is 54.6 Å². The minimum Gasteiger partial charge on any atom is -0.497 e. The molecular formula is C23H30N2O4. The largest absolute Gasteiger partial charge is 0.497 e. The molecule has 0 aromatic heterocycles. The summed E-state index contributed by atoms with van der Waals surface area (Å²) in [5, 5.41) is 2.89. The van der Waals surface area contributed by atoms with Crippen LogP contribution < -0.4 is 10.1 Å². The van der Waals surface area contributed by atoms with E-state index in [1.54, 1.807) is 19.1 Å². The van der Waals surface area contributed by atoms with Crippen LogP contribution in [0.2, 0.25) is 0 Å². The Morgan fingerprint density at radius 3 is 2.28 bits per heavy atom. The van der Waals surface area contributed by atoms with Gasteiger partial charge in [0, 0.05) is 33.0 Å². The van der Waals surface area contributed by atoms with E-state index >= 15 is 0 Å². The molecule has 1 atom stereocenters. The van der Waals surface area contributed by atoms with Crippen molar-refractivity contribution in [2.24, 2.45) is 0 Å². The van der Waals surface area contributed by atoms with E-state index in [2.05, 4.69) is 5.32 Å². The first kappa shape index (κ1) is 22.4. The van der Waals surface area contributed by atoms with Gasteiger partial charge in [0.05, 0.1) is 13.7 Å². The van der Waals surface area contributed by atoms with Gasteiger partial charge in [-0.3, -0.25) is 9.59 Å². The van der Waals surface area contributed by atoms with Crippen LogP contribution in [0.1, 0.15) is 24.5 Å². The van der Waals surface area contributed by atoms with E-state index in [1.807, 2.05) is 61.5 Å². The summed E-state index contributed by atoms with van der Waals surface area (Å²) in [5.41, 5.74) is 1.94. The number of carbonyl (C=O) groups is 2. The molecule has 0 aliphatic rings. The van der Waals surface area contributed by atoms with Crippen LogP contribution in [0.5, 0.6) is 5.75 Å². The van der Waals surface area contributed by atoms with Gasteiger partial charge in [-0.15, -0.1) is 0 Å². The highest BCUT2D eigenvalue weighted by Gasteiger charge is 2.29. The number of benzene rings is 2. The molecule has 1 N–H and O–H groups in total. The van der Waals surface area contributed by atoms with Crippen molar-refractivity contribution >= 4 is 11.8 Å². The molecule has 0 fully saturated rings. The number of hydrogen-bond donors (Lipinski definition) is 1. The maximum absolute atomic E-state index is 13.0. The van der Waals surface area contributed by atoms with Gasteiger partial charge in [-0.25, -0.2) is 0 Å². The van der Waals surface area contributed by atoms with Crippen LogP contribution in [-0.4, -0.2) is 50.1 Å². The van der Waals surface area contributed by atoms with Crippen molar-refractivity contribution in [2.45, 2.75) is 32.4 Å². The number of carbonyl (C=O) groups excluding carboxylic acids is 2. The topological polar surface area (TPSA) is 67.9 Å². The fourth-order valence-corrected chi connectivity index (χ4v) is 3.08. The maximum Gasteiger partial charge on any atom is 0.243 e. The van der Waals surface area contributed by atoms with Gasteiger partial charge in [-0.1, -0.05) is 49.4 Å². The van der Waals surface area contributed by atoms with Crippen molar-refractivity contribution in [3.8, 4) is 5.75 Å². The average Bonchev–Trinajstić information content (AvgIpc) is 2.76. The summed E-state index contributed by atoms with van der Waals surface area (Å²) >= 11 is 0. The van der Waals surface area contributed by atoms with Crippen molar-refractivity contribution in [3.05, 3.63) is 65.7 Å². The standard InChI is InChI=1S/C23H30N2O4/c1-4-22(26)25(17-19-10-12-20(29-3)13-11-19)21(23(27)24-14-15-28-2)16-18-8-6-5-7-9-18/h5-13,21H,4,14-17H2,1-3H3,(H,24,27)/t21-/m0/s1. The van der Waals surface area contributed by atoms with Crippen LogP contribution in [0, 0.1) is 0 Å². The first-order valence-corrected chi connectivity index (χ1v) is 9.82. The van der Waals surface area contributed by atoms with Crippen LogP contribution in [-0.2, 0) is 27.3 Å². The number of hydrogen-bond acceptors (Lipinski definition) is 4. The number of nitrogens with zero attached hydrogens (tertiary/aromatic N) is 1. The third-order valence-corrected chi connectivity index (χ3v) is 4.69. The summed E-state index contributed by atoms with van der Waals surface area (Å²) in [7, 11) is 3.20. The van der Waals surface area contributed by atoms with Gasteiger partial charge in [0.2, 0.25) is 11.8 Å². The molecule has 0 unspecified atom stereocenters. The van der Waals surface area contributed by atoms with E-state index in [0.29, 0.717) is 32.5 Å². The van der Waals surface area contributed by atoms with Gasteiger partial charge >= 0.3 is 0 Å². The highest BCUT2D eigenvalue weighted by Crippen LogP contribution is 2.18. The molecule has 0 heterocycles. The summed E-state index contributed by atoms with van der Waals surface area (Å²) in [4.78, 5) is 27.5. The number of ether oxygens (including phenoxy) is 2. The number of amides is 2. The molecule has 0 spiro atoms. The van der Waals surface area contributed by atoms with Gasteiger partial charge in [0.25, 0.3) is 0 Å². The number of nitrogens with one attached hydrogen (secondary N) is 1. The molecule has 156 valence electrons. The second-order valence-electron chi connectivity index (χ2n) is 6.71. The van der Waals surface area contributed by atoms with Gasteiger partial charge in [0.15, 0.2) is 0 Å². The quantitative estimate of drug-likeness (QED) is 0.591. The van der Waals surface area contributed by atoms with Gasteiger partial charge in [0.1, 0.15) is 11.8 Å². The highest BCUT2D eigenvalue weighted by atomic mass is 16.5. The lowest BCUT2D eigenvalue weighted by atomic mass is 10.0. The minimum atomic E-state index is -0.608. The average molecular weight is 399 g/mol. The Balaban J connectivity index is 2.28. The second-order valence-corrected chi connectivity index (χ2v) is 6.71. The van der Waals surface area contributed by atoms with Crippen LogP contribution >= 0.6 is 0 Å². The third kappa shape index (κ3) is 6.91. The Labute approximate surface area is 172 Å². The number of methoxy groups -OCH3 is 2. The predicted octanol–water partition coefficient (Wildman–Crippen LogP) is 2.81. The first-order valence-electron chi connectivity index (χ1n) is 9.82. The Morgan fingerprint density at radius 1 is 1.00 bits per heavy atom. The SMILES string of the molecule is CCC(=O)N(Cc1ccc(OC)cc1)[C@@H](Cc1ccccc1)C(=O)NCCOC. The van der Waals surface area contributed by atoms with E-state index < -0.39 is 6.04 Å². The Morgan fingerprint density at radius 2 is 1.69 bits per heavy atom. The smallest absolute Gasteiger partial charge is 0.243 e. The zero-order chi connectivity index (χ0) is 21.1. The van der Waals surface area contributed by atoms with Crippen LogP contribution in [0.25, 0.3) is 0 Å².